The van der Waals surface area contributed by atoms with Crippen molar-refractivity contribution in [3.05, 3.63) is 39.7 Å². The lowest BCUT2D eigenvalue weighted by Gasteiger charge is -2.11. The molecule has 1 unspecified atom stereocenters. The van der Waals surface area contributed by atoms with Crippen LogP contribution in [0.2, 0.25) is 0 Å². The summed E-state index contributed by atoms with van der Waals surface area (Å²) in [5.41, 5.74) is 5.21. The van der Waals surface area contributed by atoms with Crippen molar-refractivity contribution in [1.29, 1.82) is 0 Å². The minimum absolute atomic E-state index is 0. The molecule has 0 aromatic heterocycles. The SMILES string of the molecule is Cl.NC(CNC(=O)c1ccc([N+](=O)[O-])cc1F)C1CC1. The van der Waals surface area contributed by atoms with Crippen LogP contribution in [0, 0.1) is 21.8 Å². The highest BCUT2D eigenvalue weighted by atomic mass is 35.5. The van der Waals surface area contributed by atoms with E-state index in [4.69, 9.17) is 5.73 Å². The molecule has 0 aliphatic heterocycles. The van der Waals surface area contributed by atoms with E-state index in [0.717, 1.165) is 31.0 Å². The van der Waals surface area contributed by atoms with E-state index in [1.807, 2.05) is 0 Å². The fourth-order valence-corrected chi connectivity index (χ4v) is 1.80. The number of hydrogen-bond donors (Lipinski definition) is 2. The van der Waals surface area contributed by atoms with Crippen LogP contribution in [0.5, 0.6) is 0 Å². The number of nitro groups is 1. The first-order chi connectivity index (χ1) is 8.99. The fraction of sp³-hybridized carbons (Fsp3) is 0.417. The van der Waals surface area contributed by atoms with Crippen LogP contribution in [0.25, 0.3) is 0 Å². The van der Waals surface area contributed by atoms with Crippen LogP contribution in [0.1, 0.15) is 23.2 Å². The number of nitrogens with one attached hydrogen (secondary N) is 1. The number of halogens is 2. The summed E-state index contributed by atoms with van der Waals surface area (Å²) in [6.45, 7) is 0.278. The van der Waals surface area contributed by atoms with Crippen molar-refractivity contribution in [2.75, 3.05) is 6.54 Å². The maximum atomic E-state index is 13.6. The molecule has 6 nitrogen and oxygen atoms in total. The molecule has 1 atom stereocenters. The Bertz CT molecular complexity index is 523. The van der Waals surface area contributed by atoms with Crippen molar-refractivity contribution < 1.29 is 14.1 Å². The Labute approximate surface area is 121 Å². The van der Waals surface area contributed by atoms with Gasteiger partial charge in [0.2, 0.25) is 0 Å². The molecule has 0 saturated heterocycles. The minimum atomic E-state index is -0.910. The molecule has 0 radical (unpaired) electrons. The highest BCUT2D eigenvalue weighted by molar-refractivity contribution is 5.94. The molecule has 1 aromatic carbocycles. The van der Waals surface area contributed by atoms with Gasteiger partial charge in [-0.3, -0.25) is 14.9 Å². The van der Waals surface area contributed by atoms with Gasteiger partial charge in [-0.1, -0.05) is 0 Å². The third-order valence-electron chi connectivity index (χ3n) is 3.13. The highest BCUT2D eigenvalue weighted by Crippen LogP contribution is 2.31. The Morgan fingerprint density at radius 1 is 1.55 bits per heavy atom. The van der Waals surface area contributed by atoms with Crippen LogP contribution in [0.4, 0.5) is 10.1 Å². The topological polar surface area (TPSA) is 98.3 Å². The summed E-state index contributed by atoms with van der Waals surface area (Å²) in [6, 6.07) is 2.81. The minimum Gasteiger partial charge on any atom is -0.350 e. The van der Waals surface area contributed by atoms with E-state index in [2.05, 4.69) is 5.32 Å². The quantitative estimate of drug-likeness (QED) is 0.638. The third kappa shape index (κ3) is 3.88. The molecule has 8 heteroatoms. The molecule has 0 bridgehead atoms. The largest absolute Gasteiger partial charge is 0.350 e. The molecule has 0 heterocycles. The third-order valence-corrected chi connectivity index (χ3v) is 3.13. The van der Waals surface area contributed by atoms with Crippen molar-refractivity contribution in [3.8, 4) is 0 Å². The zero-order valence-corrected chi connectivity index (χ0v) is 11.4. The zero-order chi connectivity index (χ0) is 14.0. The number of non-ortho nitro benzene ring substituents is 1. The fourth-order valence-electron chi connectivity index (χ4n) is 1.80. The van der Waals surface area contributed by atoms with E-state index in [-0.39, 0.29) is 36.2 Å². The molecule has 3 N–H and O–H groups in total. The van der Waals surface area contributed by atoms with Gasteiger partial charge in [-0.25, -0.2) is 4.39 Å². The van der Waals surface area contributed by atoms with Gasteiger partial charge in [-0.15, -0.1) is 12.4 Å². The first kappa shape index (κ1) is 16.3. The molecule has 0 spiro atoms. The number of nitro benzene ring substituents is 1. The first-order valence-corrected chi connectivity index (χ1v) is 5.96. The number of carbonyl (C=O) groups excluding carboxylic acids is 1. The van der Waals surface area contributed by atoms with E-state index in [0.29, 0.717) is 5.92 Å². The molecule has 1 aromatic rings. The van der Waals surface area contributed by atoms with Crippen molar-refractivity contribution in [2.24, 2.45) is 11.7 Å². The molecule has 1 saturated carbocycles. The zero-order valence-electron chi connectivity index (χ0n) is 10.5. The van der Waals surface area contributed by atoms with Crippen molar-refractivity contribution in [2.45, 2.75) is 18.9 Å². The molecule has 1 aliphatic rings. The number of benzene rings is 1. The summed E-state index contributed by atoms with van der Waals surface area (Å²) in [5, 5.41) is 13.0. The summed E-state index contributed by atoms with van der Waals surface area (Å²) in [4.78, 5) is 21.5. The van der Waals surface area contributed by atoms with Gasteiger partial charge in [0.25, 0.3) is 11.6 Å². The maximum Gasteiger partial charge on any atom is 0.272 e. The lowest BCUT2D eigenvalue weighted by molar-refractivity contribution is -0.385. The number of amides is 1. The van der Waals surface area contributed by atoms with Crippen molar-refractivity contribution in [1.82, 2.24) is 5.32 Å². The molecular formula is C12H15ClFN3O3. The van der Waals surface area contributed by atoms with Crippen LogP contribution >= 0.6 is 12.4 Å². The van der Waals surface area contributed by atoms with Crippen LogP contribution in [0.3, 0.4) is 0 Å². The lowest BCUT2D eigenvalue weighted by atomic mass is 10.1. The van der Waals surface area contributed by atoms with Crippen LogP contribution in [-0.4, -0.2) is 23.4 Å². The molecule has 2 rings (SSSR count). The predicted molar refractivity (Wildman–Crippen MR) is 73.3 cm³/mol. The van der Waals surface area contributed by atoms with Crippen LogP contribution < -0.4 is 11.1 Å². The van der Waals surface area contributed by atoms with Gasteiger partial charge in [0.15, 0.2) is 0 Å². The Balaban J connectivity index is 0.00000200. The van der Waals surface area contributed by atoms with E-state index < -0.39 is 16.6 Å². The van der Waals surface area contributed by atoms with Crippen molar-refractivity contribution >= 4 is 24.0 Å². The number of nitrogens with two attached hydrogens (primary N) is 1. The Morgan fingerprint density at radius 3 is 2.70 bits per heavy atom. The molecule has 1 amide bonds. The normalized spacial score (nSPS) is 15.1. The first-order valence-electron chi connectivity index (χ1n) is 5.96. The van der Waals surface area contributed by atoms with Gasteiger partial charge < -0.3 is 11.1 Å². The highest BCUT2D eigenvalue weighted by Gasteiger charge is 2.28. The van der Waals surface area contributed by atoms with E-state index >= 15 is 0 Å². The van der Waals surface area contributed by atoms with Crippen LogP contribution in [-0.2, 0) is 0 Å². The summed E-state index contributed by atoms with van der Waals surface area (Å²) >= 11 is 0. The second kappa shape index (κ2) is 6.62. The summed E-state index contributed by atoms with van der Waals surface area (Å²) < 4.78 is 13.6. The van der Waals surface area contributed by atoms with E-state index in [1.54, 1.807) is 0 Å². The Morgan fingerprint density at radius 2 is 2.20 bits per heavy atom. The lowest BCUT2D eigenvalue weighted by Crippen LogP contribution is -2.38. The molecule has 1 fully saturated rings. The monoisotopic (exact) mass is 303 g/mol. The summed E-state index contributed by atoms with van der Waals surface area (Å²) in [7, 11) is 0. The summed E-state index contributed by atoms with van der Waals surface area (Å²) in [6.07, 6.45) is 2.12. The van der Waals surface area contributed by atoms with E-state index in [9.17, 15) is 19.3 Å². The van der Waals surface area contributed by atoms with Gasteiger partial charge in [-0.2, -0.15) is 0 Å². The number of hydrogen-bond acceptors (Lipinski definition) is 4. The van der Waals surface area contributed by atoms with Gasteiger partial charge in [0.1, 0.15) is 5.82 Å². The smallest absolute Gasteiger partial charge is 0.272 e. The predicted octanol–water partition coefficient (Wildman–Crippen LogP) is 1.62. The maximum absolute atomic E-state index is 13.6. The average molecular weight is 304 g/mol. The number of carbonyl (C=O) groups is 1. The second-order valence-corrected chi connectivity index (χ2v) is 4.63. The molecule has 110 valence electrons. The Hall–Kier alpha value is -1.73. The van der Waals surface area contributed by atoms with E-state index in [1.165, 1.54) is 0 Å². The second-order valence-electron chi connectivity index (χ2n) is 4.63. The summed E-state index contributed by atoms with van der Waals surface area (Å²) in [5.74, 6) is -1.09. The van der Waals surface area contributed by atoms with Gasteiger partial charge in [0.05, 0.1) is 16.6 Å². The van der Waals surface area contributed by atoms with Crippen LogP contribution in [0.15, 0.2) is 18.2 Å². The number of rotatable bonds is 5. The van der Waals surface area contributed by atoms with Crippen molar-refractivity contribution in [3.63, 3.8) is 0 Å². The average Bonchev–Trinajstić information content (AvgIpc) is 3.19. The van der Waals surface area contributed by atoms with Gasteiger partial charge in [-0.05, 0) is 24.8 Å². The Kier molecular flexibility index (Phi) is 5.41. The molecule has 20 heavy (non-hydrogen) atoms. The van der Waals surface area contributed by atoms with Gasteiger partial charge in [0, 0.05) is 18.7 Å². The number of nitrogens with zero attached hydrogens (tertiary/aromatic N) is 1. The van der Waals surface area contributed by atoms with Gasteiger partial charge >= 0.3 is 0 Å². The standard InChI is InChI=1S/C12H14FN3O3.ClH/c13-10-5-8(16(18)19)3-4-9(10)12(17)15-6-11(14)7-1-2-7;/h3-5,7,11H,1-2,6,14H2,(H,15,17);1H. The molecule has 1 aliphatic carbocycles. The molecular weight excluding hydrogens is 289 g/mol.